The standard InChI is InChI=1S/C16H19FN4O2/c1-18-15(22)14-9-20(2)5-6-21(14)16(23)13-8-10-7-11(17)3-4-12(10)19-13/h3-4,7-8,14,19H,5-6,9H2,1-2H3,(H,18,22). The van der Waals surface area contributed by atoms with Gasteiger partial charge in [-0.15, -0.1) is 0 Å². The van der Waals surface area contributed by atoms with Crippen LogP contribution in [0, 0.1) is 5.82 Å². The summed E-state index contributed by atoms with van der Waals surface area (Å²) in [4.78, 5) is 31.5. The molecule has 0 bridgehead atoms. The molecule has 6 nitrogen and oxygen atoms in total. The van der Waals surface area contributed by atoms with Crippen LogP contribution in [0.5, 0.6) is 0 Å². The Kier molecular flexibility index (Phi) is 4.04. The summed E-state index contributed by atoms with van der Waals surface area (Å²) in [7, 11) is 3.48. The Hall–Kier alpha value is -2.41. The molecular weight excluding hydrogens is 299 g/mol. The van der Waals surface area contributed by atoms with Gasteiger partial charge in [-0.3, -0.25) is 9.59 Å². The molecule has 3 rings (SSSR count). The molecule has 1 saturated heterocycles. The van der Waals surface area contributed by atoms with Crippen LogP contribution in [0.4, 0.5) is 4.39 Å². The number of hydrogen-bond donors (Lipinski definition) is 2. The third-order valence-corrected chi connectivity index (χ3v) is 4.21. The van der Waals surface area contributed by atoms with E-state index in [0.717, 1.165) is 0 Å². The van der Waals surface area contributed by atoms with Gasteiger partial charge in [-0.05, 0) is 31.3 Å². The number of hydrogen-bond acceptors (Lipinski definition) is 3. The smallest absolute Gasteiger partial charge is 0.271 e. The van der Waals surface area contributed by atoms with Gasteiger partial charge in [-0.2, -0.15) is 0 Å². The predicted molar refractivity (Wildman–Crippen MR) is 84.6 cm³/mol. The average molecular weight is 318 g/mol. The fraction of sp³-hybridized carbons (Fsp3) is 0.375. The molecule has 2 amide bonds. The van der Waals surface area contributed by atoms with E-state index in [9.17, 15) is 14.0 Å². The minimum Gasteiger partial charge on any atom is -0.357 e. The first-order chi connectivity index (χ1) is 11.0. The summed E-state index contributed by atoms with van der Waals surface area (Å²) in [6.07, 6.45) is 0. The van der Waals surface area contributed by atoms with Gasteiger partial charge in [0.25, 0.3) is 5.91 Å². The van der Waals surface area contributed by atoms with Crippen LogP contribution in [-0.2, 0) is 4.79 Å². The Morgan fingerprint density at radius 3 is 2.83 bits per heavy atom. The molecule has 0 aliphatic carbocycles. The molecule has 1 aliphatic heterocycles. The minimum absolute atomic E-state index is 0.188. The molecule has 1 aliphatic rings. The third kappa shape index (κ3) is 2.92. The highest BCUT2D eigenvalue weighted by Crippen LogP contribution is 2.20. The maximum absolute atomic E-state index is 13.3. The van der Waals surface area contributed by atoms with E-state index in [2.05, 4.69) is 10.3 Å². The first-order valence-corrected chi connectivity index (χ1v) is 7.49. The summed E-state index contributed by atoms with van der Waals surface area (Å²) < 4.78 is 13.3. The molecule has 2 heterocycles. The Balaban J connectivity index is 1.91. The summed E-state index contributed by atoms with van der Waals surface area (Å²) in [5.74, 6) is -0.784. The van der Waals surface area contributed by atoms with E-state index in [4.69, 9.17) is 0 Å². The van der Waals surface area contributed by atoms with Gasteiger partial charge < -0.3 is 20.1 Å². The molecule has 7 heteroatoms. The number of nitrogens with one attached hydrogen (secondary N) is 2. The average Bonchev–Trinajstić information content (AvgIpc) is 2.96. The van der Waals surface area contributed by atoms with Crippen molar-refractivity contribution < 1.29 is 14.0 Å². The molecular formula is C16H19FN4O2. The van der Waals surface area contributed by atoms with E-state index < -0.39 is 6.04 Å². The topological polar surface area (TPSA) is 68.4 Å². The number of aromatic nitrogens is 1. The van der Waals surface area contributed by atoms with Crippen LogP contribution in [0.15, 0.2) is 24.3 Å². The van der Waals surface area contributed by atoms with Gasteiger partial charge in [0.2, 0.25) is 5.91 Å². The third-order valence-electron chi connectivity index (χ3n) is 4.21. The van der Waals surface area contributed by atoms with Gasteiger partial charge in [0.05, 0.1) is 0 Å². The SMILES string of the molecule is CNC(=O)C1CN(C)CCN1C(=O)c1cc2cc(F)ccc2[nH]1. The second-order valence-electron chi connectivity index (χ2n) is 5.81. The number of amides is 2. The Morgan fingerprint density at radius 2 is 2.09 bits per heavy atom. The van der Waals surface area contributed by atoms with Crippen LogP contribution < -0.4 is 5.32 Å². The molecule has 2 N–H and O–H groups in total. The van der Waals surface area contributed by atoms with Crippen molar-refractivity contribution in [3.8, 4) is 0 Å². The second-order valence-corrected chi connectivity index (χ2v) is 5.81. The Morgan fingerprint density at radius 1 is 1.30 bits per heavy atom. The number of likely N-dealkylation sites (N-methyl/N-ethyl adjacent to an activating group) is 2. The lowest BCUT2D eigenvalue weighted by atomic mass is 10.1. The molecule has 122 valence electrons. The fourth-order valence-corrected chi connectivity index (χ4v) is 2.93. The number of benzene rings is 1. The molecule has 1 unspecified atom stereocenters. The zero-order valence-corrected chi connectivity index (χ0v) is 13.1. The maximum Gasteiger partial charge on any atom is 0.271 e. The number of rotatable bonds is 2. The van der Waals surface area contributed by atoms with Gasteiger partial charge in [0.15, 0.2) is 0 Å². The molecule has 1 fully saturated rings. The van der Waals surface area contributed by atoms with E-state index >= 15 is 0 Å². The number of fused-ring (bicyclic) bond motifs is 1. The summed E-state index contributed by atoms with van der Waals surface area (Å²) in [5, 5.41) is 3.24. The number of halogens is 1. The van der Waals surface area contributed by atoms with Crippen molar-refractivity contribution in [3.63, 3.8) is 0 Å². The zero-order valence-electron chi connectivity index (χ0n) is 13.1. The predicted octanol–water partition coefficient (Wildman–Crippen LogP) is 0.809. The van der Waals surface area contributed by atoms with Gasteiger partial charge in [-0.1, -0.05) is 0 Å². The van der Waals surface area contributed by atoms with E-state index in [1.807, 2.05) is 11.9 Å². The van der Waals surface area contributed by atoms with E-state index in [1.165, 1.54) is 12.1 Å². The van der Waals surface area contributed by atoms with Crippen LogP contribution in [0.1, 0.15) is 10.5 Å². The first-order valence-electron chi connectivity index (χ1n) is 7.49. The largest absolute Gasteiger partial charge is 0.357 e. The van der Waals surface area contributed by atoms with E-state index in [1.54, 1.807) is 24.1 Å². The summed E-state index contributed by atoms with van der Waals surface area (Å²) in [6, 6.07) is 5.41. The van der Waals surface area contributed by atoms with Crippen LogP contribution in [-0.4, -0.2) is 66.4 Å². The molecule has 1 aromatic heterocycles. The van der Waals surface area contributed by atoms with Crippen molar-refractivity contribution in [1.82, 2.24) is 20.1 Å². The molecule has 0 saturated carbocycles. The van der Waals surface area contributed by atoms with Crippen LogP contribution in [0.2, 0.25) is 0 Å². The molecule has 23 heavy (non-hydrogen) atoms. The van der Waals surface area contributed by atoms with Crippen LogP contribution >= 0.6 is 0 Å². The van der Waals surface area contributed by atoms with Crippen LogP contribution in [0.3, 0.4) is 0 Å². The van der Waals surface area contributed by atoms with E-state index in [-0.39, 0.29) is 17.6 Å². The van der Waals surface area contributed by atoms with Crippen LogP contribution in [0.25, 0.3) is 10.9 Å². The highest BCUT2D eigenvalue weighted by atomic mass is 19.1. The summed E-state index contributed by atoms with van der Waals surface area (Å²) in [6.45, 7) is 1.66. The number of aromatic amines is 1. The van der Waals surface area contributed by atoms with Gasteiger partial charge >= 0.3 is 0 Å². The quantitative estimate of drug-likeness (QED) is 0.861. The molecule has 1 atom stereocenters. The van der Waals surface area contributed by atoms with Crippen molar-refractivity contribution in [2.75, 3.05) is 33.7 Å². The molecule has 0 spiro atoms. The van der Waals surface area contributed by atoms with Gasteiger partial charge in [-0.25, -0.2) is 4.39 Å². The Labute approximate surface area is 133 Å². The number of carbonyl (C=O) groups excluding carboxylic acids is 2. The van der Waals surface area contributed by atoms with Crippen molar-refractivity contribution in [2.45, 2.75) is 6.04 Å². The fourth-order valence-electron chi connectivity index (χ4n) is 2.93. The number of H-pyrrole nitrogens is 1. The Bertz CT molecular complexity index is 758. The minimum atomic E-state index is -0.533. The second kappa shape index (κ2) is 6.00. The number of piperazine rings is 1. The summed E-state index contributed by atoms with van der Waals surface area (Å²) >= 11 is 0. The van der Waals surface area contributed by atoms with Crippen molar-refractivity contribution in [1.29, 1.82) is 0 Å². The number of nitrogens with zero attached hydrogens (tertiary/aromatic N) is 2. The van der Waals surface area contributed by atoms with Crippen molar-refractivity contribution in [2.24, 2.45) is 0 Å². The van der Waals surface area contributed by atoms with Gasteiger partial charge in [0.1, 0.15) is 17.6 Å². The molecule has 1 aromatic carbocycles. The lowest BCUT2D eigenvalue weighted by molar-refractivity contribution is -0.126. The molecule has 0 radical (unpaired) electrons. The van der Waals surface area contributed by atoms with Gasteiger partial charge in [0, 0.05) is 37.6 Å². The van der Waals surface area contributed by atoms with E-state index in [0.29, 0.717) is 36.2 Å². The highest BCUT2D eigenvalue weighted by molar-refractivity contribution is 6.00. The zero-order chi connectivity index (χ0) is 16.6. The number of carbonyl (C=O) groups is 2. The summed E-state index contributed by atoms with van der Waals surface area (Å²) in [5.41, 5.74) is 1.06. The first kappa shape index (κ1) is 15.5. The maximum atomic E-state index is 13.3. The van der Waals surface area contributed by atoms with Crippen molar-refractivity contribution in [3.05, 3.63) is 35.8 Å². The lowest BCUT2D eigenvalue weighted by Crippen LogP contribution is -2.59. The normalized spacial score (nSPS) is 19.1. The van der Waals surface area contributed by atoms with Crippen molar-refractivity contribution >= 4 is 22.7 Å². The lowest BCUT2D eigenvalue weighted by Gasteiger charge is -2.38. The molecule has 2 aromatic rings. The monoisotopic (exact) mass is 318 g/mol. The highest BCUT2D eigenvalue weighted by Gasteiger charge is 2.34.